The fourth-order valence-electron chi connectivity index (χ4n) is 1.03. The predicted octanol–water partition coefficient (Wildman–Crippen LogP) is 0.0641. The molecule has 0 amide bonds. The first-order valence-electron chi connectivity index (χ1n) is 3.33. The third-order valence-corrected chi connectivity index (χ3v) is 1.58. The first kappa shape index (κ1) is 6.43. The minimum Gasteiger partial charge on any atom is -0.524 e. The molecule has 4 heteroatoms. The maximum Gasteiger partial charge on any atom is 0.562 e. The number of hydrogen-bond acceptors (Lipinski definition) is 3. The number of nitrogens with zero attached hydrogens (tertiary/aromatic N) is 1. The zero-order chi connectivity index (χ0) is 7.68. The predicted molar refractivity (Wildman–Crippen MR) is 43.3 cm³/mol. The van der Waals surface area contributed by atoms with Crippen molar-refractivity contribution in [3.8, 4) is 0 Å². The maximum absolute atomic E-state index is 9.25. The summed E-state index contributed by atoms with van der Waals surface area (Å²) in [6.45, 7) is 0. The number of aliphatic imine (C=N–C) groups is 1. The third-order valence-electron chi connectivity index (χ3n) is 1.58. The van der Waals surface area contributed by atoms with Crippen LogP contribution in [0.3, 0.4) is 0 Å². The summed E-state index contributed by atoms with van der Waals surface area (Å²) in [6.07, 6.45) is 1.26. The van der Waals surface area contributed by atoms with E-state index in [1.165, 1.54) is 6.40 Å². The SMILES string of the molecule is OB1OC=Nc2ccccc21. The van der Waals surface area contributed by atoms with Crippen molar-refractivity contribution in [3.63, 3.8) is 0 Å². The van der Waals surface area contributed by atoms with Gasteiger partial charge in [0.2, 0.25) is 0 Å². The fourth-order valence-corrected chi connectivity index (χ4v) is 1.03. The molecule has 0 aliphatic carbocycles. The lowest BCUT2D eigenvalue weighted by molar-refractivity contribution is 0.435. The van der Waals surface area contributed by atoms with Crippen LogP contribution in [-0.4, -0.2) is 18.5 Å². The molecule has 0 atom stereocenters. The van der Waals surface area contributed by atoms with Crippen LogP contribution in [0.5, 0.6) is 0 Å². The van der Waals surface area contributed by atoms with Gasteiger partial charge in [-0.05, 0) is 6.07 Å². The number of hydrogen-bond donors (Lipinski definition) is 1. The molecule has 0 radical (unpaired) electrons. The molecule has 0 bridgehead atoms. The van der Waals surface area contributed by atoms with Crippen molar-refractivity contribution in [2.75, 3.05) is 0 Å². The second-order valence-corrected chi connectivity index (χ2v) is 2.28. The Kier molecular flexibility index (Phi) is 1.40. The smallest absolute Gasteiger partial charge is 0.524 e. The molecule has 0 saturated heterocycles. The van der Waals surface area contributed by atoms with E-state index in [4.69, 9.17) is 4.65 Å². The molecule has 1 heterocycles. The summed E-state index contributed by atoms with van der Waals surface area (Å²) >= 11 is 0. The monoisotopic (exact) mass is 147 g/mol. The average Bonchev–Trinajstić information content (AvgIpc) is 2.06. The molecule has 11 heavy (non-hydrogen) atoms. The van der Waals surface area contributed by atoms with Gasteiger partial charge in [0.1, 0.15) is 0 Å². The summed E-state index contributed by atoms with van der Waals surface area (Å²) in [5, 5.41) is 9.25. The Balaban J connectivity index is 2.54. The first-order valence-corrected chi connectivity index (χ1v) is 3.33. The quantitative estimate of drug-likeness (QED) is 0.527. The van der Waals surface area contributed by atoms with E-state index in [-0.39, 0.29) is 0 Å². The van der Waals surface area contributed by atoms with Gasteiger partial charge in [-0.2, -0.15) is 0 Å². The molecule has 54 valence electrons. The van der Waals surface area contributed by atoms with Crippen molar-refractivity contribution in [1.29, 1.82) is 0 Å². The lowest BCUT2D eigenvalue weighted by Crippen LogP contribution is -2.35. The summed E-state index contributed by atoms with van der Waals surface area (Å²) in [5.74, 6) is 0. The van der Waals surface area contributed by atoms with E-state index >= 15 is 0 Å². The third kappa shape index (κ3) is 1.01. The van der Waals surface area contributed by atoms with Crippen molar-refractivity contribution in [1.82, 2.24) is 0 Å². The largest absolute Gasteiger partial charge is 0.562 e. The zero-order valence-corrected chi connectivity index (χ0v) is 5.77. The van der Waals surface area contributed by atoms with E-state index in [1.54, 1.807) is 6.07 Å². The lowest BCUT2D eigenvalue weighted by Gasteiger charge is -2.11. The van der Waals surface area contributed by atoms with E-state index in [2.05, 4.69) is 4.99 Å². The molecule has 0 fully saturated rings. The van der Waals surface area contributed by atoms with Crippen LogP contribution in [0.1, 0.15) is 0 Å². The Bertz CT molecular complexity index is 300. The molecule has 1 aromatic carbocycles. The second kappa shape index (κ2) is 2.40. The Morgan fingerprint density at radius 2 is 2.18 bits per heavy atom. The second-order valence-electron chi connectivity index (χ2n) is 2.28. The lowest BCUT2D eigenvalue weighted by atomic mass is 9.78. The fraction of sp³-hybridized carbons (Fsp3) is 0. The van der Waals surface area contributed by atoms with Gasteiger partial charge < -0.3 is 9.68 Å². The molecule has 0 aromatic heterocycles. The summed E-state index contributed by atoms with van der Waals surface area (Å²) in [4.78, 5) is 3.94. The first-order chi connectivity index (χ1) is 5.38. The van der Waals surface area contributed by atoms with E-state index < -0.39 is 7.12 Å². The van der Waals surface area contributed by atoms with Crippen molar-refractivity contribution in [2.45, 2.75) is 0 Å². The highest BCUT2D eigenvalue weighted by Crippen LogP contribution is 2.10. The van der Waals surface area contributed by atoms with Crippen LogP contribution in [0.15, 0.2) is 29.3 Å². The van der Waals surface area contributed by atoms with E-state index in [1.807, 2.05) is 18.2 Å². The molecule has 1 aliphatic heterocycles. The van der Waals surface area contributed by atoms with Crippen molar-refractivity contribution < 1.29 is 9.68 Å². The van der Waals surface area contributed by atoms with Gasteiger partial charge in [0.25, 0.3) is 0 Å². The van der Waals surface area contributed by atoms with Crippen LogP contribution >= 0.6 is 0 Å². The summed E-state index contributed by atoms with van der Waals surface area (Å²) < 4.78 is 4.77. The molecule has 0 unspecified atom stereocenters. The van der Waals surface area contributed by atoms with E-state index in [9.17, 15) is 5.02 Å². The van der Waals surface area contributed by atoms with Gasteiger partial charge in [-0.25, -0.2) is 4.99 Å². The standard InChI is InChI=1S/C7H6BNO2/c10-8-6-3-1-2-4-7(6)9-5-11-8/h1-5,10H. The normalized spacial score (nSPS) is 14.1. The zero-order valence-electron chi connectivity index (χ0n) is 5.77. The molecule has 3 nitrogen and oxygen atoms in total. The van der Waals surface area contributed by atoms with Crippen LogP contribution in [0.2, 0.25) is 0 Å². The molecule has 0 spiro atoms. The van der Waals surface area contributed by atoms with Gasteiger partial charge in [-0.1, -0.05) is 18.2 Å². The Labute approximate surface area is 64.5 Å². The van der Waals surface area contributed by atoms with Gasteiger partial charge in [0.05, 0.1) is 5.69 Å². The highest BCUT2D eigenvalue weighted by molar-refractivity contribution is 6.63. The van der Waals surface area contributed by atoms with Crippen LogP contribution in [-0.2, 0) is 4.65 Å². The van der Waals surface area contributed by atoms with E-state index in [0.717, 1.165) is 11.2 Å². The van der Waals surface area contributed by atoms with Crippen molar-refractivity contribution in [3.05, 3.63) is 24.3 Å². The summed E-state index contributed by atoms with van der Waals surface area (Å²) in [5.41, 5.74) is 1.49. The average molecular weight is 147 g/mol. The minimum atomic E-state index is -0.858. The van der Waals surface area contributed by atoms with Gasteiger partial charge >= 0.3 is 7.12 Å². The highest BCUT2D eigenvalue weighted by atomic mass is 16.5. The van der Waals surface area contributed by atoms with Crippen LogP contribution < -0.4 is 5.46 Å². The summed E-state index contributed by atoms with van der Waals surface area (Å²) in [7, 11) is -0.858. The molecule has 2 rings (SSSR count). The van der Waals surface area contributed by atoms with Crippen molar-refractivity contribution in [2.24, 2.45) is 4.99 Å². The number of benzene rings is 1. The number of fused-ring (bicyclic) bond motifs is 1. The Morgan fingerprint density at radius 1 is 1.36 bits per heavy atom. The Hall–Kier alpha value is -1.29. The molecule has 0 saturated carbocycles. The van der Waals surface area contributed by atoms with Gasteiger partial charge in [0, 0.05) is 5.46 Å². The summed E-state index contributed by atoms with van der Waals surface area (Å²) in [6, 6.07) is 7.33. The molecule has 1 N–H and O–H groups in total. The van der Waals surface area contributed by atoms with Crippen LogP contribution in [0.4, 0.5) is 5.69 Å². The molecule has 1 aromatic rings. The van der Waals surface area contributed by atoms with Crippen molar-refractivity contribution >= 4 is 24.7 Å². The molecule has 1 aliphatic rings. The minimum absolute atomic E-state index is 0.718. The maximum atomic E-state index is 9.25. The van der Waals surface area contributed by atoms with Gasteiger partial charge in [0.15, 0.2) is 6.40 Å². The molecular weight excluding hydrogens is 141 g/mol. The van der Waals surface area contributed by atoms with E-state index in [0.29, 0.717) is 0 Å². The van der Waals surface area contributed by atoms with Gasteiger partial charge in [-0.3, -0.25) is 0 Å². The topological polar surface area (TPSA) is 41.8 Å². The van der Waals surface area contributed by atoms with Gasteiger partial charge in [-0.15, -0.1) is 0 Å². The Morgan fingerprint density at radius 3 is 3.00 bits per heavy atom. The van der Waals surface area contributed by atoms with Crippen LogP contribution in [0, 0.1) is 0 Å². The number of para-hydroxylation sites is 1. The van der Waals surface area contributed by atoms with Crippen LogP contribution in [0.25, 0.3) is 0 Å². The highest BCUT2D eigenvalue weighted by Gasteiger charge is 2.23. The molecular formula is C7H6BNO2. The number of rotatable bonds is 0.